The Hall–Kier alpha value is -1.42. The first-order valence-electron chi connectivity index (χ1n) is 11.0. The molecule has 0 bridgehead atoms. The standard InChI is InChI=1S/C11H15BClNO2.C7H6BClO3.C4H9N/c13-11-4-3-9(7-10(11)12(15)16)8-14-5-1-2-6-14;9-7-2-1-5(4-10)3-6(7)8(11)12;1-2-4-5-3-1/h3-4,7,15-16H,1-2,5-6,8H2;1-4,11-12H;5H,1-4H2. The van der Waals surface area contributed by atoms with Gasteiger partial charge in [0.15, 0.2) is 0 Å². The lowest BCUT2D eigenvalue weighted by Gasteiger charge is -2.15. The van der Waals surface area contributed by atoms with E-state index < -0.39 is 14.2 Å². The van der Waals surface area contributed by atoms with Crippen LogP contribution in [-0.2, 0) is 6.54 Å². The van der Waals surface area contributed by atoms with Gasteiger partial charge in [0.25, 0.3) is 0 Å². The molecule has 0 amide bonds. The van der Waals surface area contributed by atoms with E-state index in [0.29, 0.717) is 22.3 Å². The smallest absolute Gasteiger partial charge is 0.423 e. The maximum Gasteiger partial charge on any atom is 0.489 e. The molecule has 0 radical (unpaired) electrons. The minimum absolute atomic E-state index is 0.140. The van der Waals surface area contributed by atoms with Gasteiger partial charge in [0.1, 0.15) is 6.29 Å². The fourth-order valence-electron chi connectivity index (χ4n) is 3.55. The Morgan fingerprint density at radius 2 is 1.39 bits per heavy atom. The van der Waals surface area contributed by atoms with E-state index >= 15 is 0 Å². The maximum atomic E-state index is 10.3. The molecule has 33 heavy (non-hydrogen) atoms. The van der Waals surface area contributed by atoms with Crippen molar-refractivity contribution in [2.75, 3.05) is 26.2 Å². The molecular formula is C22H30B2Cl2N2O5. The van der Waals surface area contributed by atoms with Crippen LogP contribution in [0.5, 0.6) is 0 Å². The first kappa shape index (κ1) is 27.8. The van der Waals surface area contributed by atoms with E-state index in [9.17, 15) is 4.79 Å². The number of rotatable bonds is 5. The largest absolute Gasteiger partial charge is 0.489 e. The number of hydrogen-bond donors (Lipinski definition) is 5. The van der Waals surface area contributed by atoms with E-state index in [1.54, 1.807) is 12.1 Å². The van der Waals surface area contributed by atoms with Gasteiger partial charge in [-0.05, 0) is 69.6 Å². The van der Waals surface area contributed by atoms with E-state index in [-0.39, 0.29) is 10.5 Å². The highest BCUT2D eigenvalue weighted by molar-refractivity contribution is 6.63. The predicted molar refractivity (Wildman–Crippen MR) is 135 cm³/mol. The lowest BCUT2D eigenvalue weighted by atomic mass is 9.79. The molecule has 0 aromatic heterocycles. The summed E-state index contributed by atoms with van der Waals surface area (Å²) in [5.74, 6) is 0. The second kappa shape index (κ2) is 14.8. The van der Waals surface area contributed by atoms with Crippen LogP contribution >= 0.6 is 23.2 Å². The zero-order valence-electron chi connectivity index (χ0n) is 18.5. The van der Waals surface area contributed by atoms with Crippen molar-refractivity contribution >= 4 is 54.7 Å². The first-order chi connectivity index (χ1) is 15.8. The molecule has 2 aliphatic rings. The SMILES string of the molecule is C1CCNC1.O=Cc1ccc(Cl)c(B(O)O)c1.OB(O)c1cc(CN2CCCC2)ccc1Cl. The molecule has 0 aliphatic carbocycles. The van der Waals surface area contributed by atoms with E-state index in [2.05, 4.69) is 10.2 Å². The van der Waals surface area contributed by atoms with Gasteiger partial charge < -0.3 is 25.4 Å². The molecule has 2 aromatic rings. The molecular weight excluding hydrogens is 465 g/mol. The summed E-state index contributed by atoms with van der Waals surface area (Å²) in [6.07, 6.45) is 5.90. The average molecular weight is 495 g/mol. The van der Waals surface area contributed by atoms with Gasteiger partial charge in [-0.25, -0.2) is 0 Å². The Morgan fingerprint density at radius 3 is 1.88 bits per heavy atom. The number of aldehydes is 1. The molecule has 2 aliphatic heterocycles. The molecule has 0 unspecified atom stereocenters. The van der Waals surface area contributed by atoms with Crippen molar-refractivity contribution in [1.29, 1.82) is 0 Å². The van der Waals surface area contributed by atoms with Gasteiger partial charge in [0.05, 0.1) is 0 Å². The first-order valence-corrected chi connectivity index (χ1v) is 11.8. The lowest BCUT2D eigenvalue weighted by Crippen LogP contribution is -2.31. The third-order valence-electron chi connectivity index (χ3n) is 5.33. The highest BCUT2D eigenvalue weighted by Crippen LogP contribution is 2.14. The highest BCUT2D eigenvalue weighted by atomic mass is 35.5. The Kier molecular flexibility index (Phi) is 12.4. The van der Waals surface area contributed by atoms with Gasteiger partial charge in [-0.3, -0.25) is 9.69 Å². The second-order valence-corrected chi connectivity index (χ2v) is 8.76. The fourth-order valence-corrected chi connectivity index (χ4v) is 3.98. The molecule has 2 heterocycles. The molecule has 2 aromatic carbocycles. The van der Waals surface area contributed by atoms with Gasteiger partial charge in [-0.1, -0.05) is 47.5 Å². The molecule has 4 rings (SSSR count). The van der Waals surface area contributed by atoms with Crippen molar-refractivity contribution in [2.45, 2.75) is 32.2 Å². The van der Waals surface area contributed by atoms with Crippen molar-refractivity contribution in [2.24, 2.45) is 0 Å². The summed E-state index contributed by atoms with van der Waals surface area (Å²) in [5.41, 5.74) is 1.97. The normalized spacial score (nSPS) is 15.2. The topological polar surface area (TPSA) is 113 Å². The summed E-state index contributed by atoms with van der Waals surface area (Å²) >= 11 is 11.5. The molecule has 0 atom stereocenters. The van der Waals surface area contributed by atoms with Crippen LogP contribution < -0.4 is 16.2 Å². The van der Waals surface area contributed by atoms with Gasteiger partial charge in [-0.2, -0.15) is 0 Å². The number of nitrogens with zero attached hydrogens (tertiary/aromatic N) is 1. The molecule has 2 saturated heterocycles. The van der Waals surface area contributed by atoms with E-state index in [4.69, 9.17) is 43.3 Å². The Labute approximate surface area is 205 Å². The Morgan fingerprint density at radius 1 is 0.848 bits per heavy atom. The summed E-state index contributed by atoms with van der Waals surface area (Å²) < 4.78 is 0. The van der Waals surface area contributed by atoms with Crippen LogP contribution in [0.25, 0.3) is 0 Å². The van der Waals surface area contributed by atoms with Crippen LogP contribution in [0.2, 0.25) is 10.0 Å². The maximum absolute atomic E-state index is 10.3. The van der Waals surface area contributed by atoms with Crippen LogP contribution in [0.1, 0.15) is 41.6 Å². The lowest BCUT2D eigenvalue weighted by molar-refractivity contribution is 0.112. The van der Waals surface area contributed by atoms with Crippen molar-refractivity contribution in [3.8, 4) is 0 Å². The number of benzene rings is 2. The summed E-state index contributed by atoms with van der Waals surface area (Å²) in [4.78, 5) is 12.6. The van der Waals surface area contributed by atoms with Crippen LogP contribution in [0, 0.1) is 0 Å². The van der Waals surface area contributed by atoms with Gasteiger partial charge in [0, 0.05) is 33.1 Å². The average Bonchev–Trinajstić information content (AvgIpc) is 3.53. The third kappa shape index (κ3) is 9.76. The van der Waals surface area contributed by atoms with E-state index in [1.165, 1.54) is 57.0 Å². The van der Waals surface area contributed by atoms with Crippen LogP contribution in [0.3, 0.4) is 0 Å². The monoisotopic (exact) mass is 494 g/mol. The summed E-state index contributed by atoms with van der Waals surface area (Å²) in [6, 6.07) is 9.71. The molecule has 2 fully saturated rings. The molecule has 11 heteroatoms. The number of carbonyl (C=O) groups is 1. The number of halogens is 2. The molecule has 178 valence electrons. The number of likely N-dealkylation sites (tertiary alicyclic amines) is 1. The van der Waals surface area contributed by atoms with Gasteiger partial charge in [-0.15, -0.1) is 0 Å². The van der Waals surface area contributed by atoms with Crippen LogP contribution in [0.15, 0.2) is 36.4 Å². The van der Waals surface area contributed by atoms with Crippen LogP contribution in [0.4, 0.5) is 0 Å². The number of carbonyl (C=O) groups excluding carboxylic acids is 1. The minimum atomic E-state index is -1.64. The predicted octanol–water partition coefficient (Wildman–Crippen LogP) is 0.818. The van der Waals surface area contributed by atoms with Crippen molar-refractivity contribution in [1.82, 2.24) is 10.2 Å². The zero-order valence-corrected chi connectivity index (χ0v) is 20.0. The van der Waals surface area contributed by atoms with Crippen molar-refractivity contribution in [3.05, 3.63) is 57.6 Å². The zero-order chi connectivity index (χ0) is 24.2. The summed E-state index contributed by atoms with van der Waals surface area (Å²) in [6.45, 7) is 5.61. The number of hydrogen-bond acceptors (Lipinski definition) is 7. The van der Waals surface area contributed by atoms with Gasteiger partial charge >= 0.3 is 14.2 Å². The van der Waals surface area contributed by atoms with Crippen molar-refractivity contribution < 1.29 is 24.9 Å². The van der Waals surface area contributed by atoms with E-state index in [0.717, 1.165) is 25.2 Å². The number of nitrogens with one attached hydrogen (secondary N) is 1. The highest BCUT2D eigenvalue weighted by Gasteiger charge is 2.17. The minimum Gasteiger partial charge on any atom is -0.423 e. The quantitative estimate of drug-likeness (QED) is 0.309. The van der Waals surface area contributed by atoms with Crippen LogP contribution in [-0.4, -0.2) is 71.7 Å². The molecule has 0 saturated carbocycles. The third-order valence-corrected chi connectivity index (χ3v) is 6.02. The molecule has 0 spiro atoms. The Bertz CT molecular complexity index is 872. The van der Waals surface area contributed by atoms with Crippen molar-refractivity contribution in [3.63, 3.8) is 0 Å². The second-order valence-electron chi connectivity index (χ2n) is 7.94. The molecule has 7 nitrogen and oxygen atoms in total. The van der Waals surface area contributed by atoms with E-state index in [1.807, 2.05) is 6.07 Å². The van der Waals surface area contributed by atoms with Gasteiger partial charge in [0.2, 0.25) is 0 Å². The summed E-state index contributed by atoms with van der Waals surface area (Å²) in [5, 5.41) is 39.7. The molecule has 5 N–H and O–H groups in total. The fraction of sp³-hybridized carbons (Fsp3) is 0.409. The summed E-state index contributed by atoms with van der Waals surface area (Å²) in [7, 11) is -3.14. The Balaban J connectivity index is 0.000000198.